The Morgan fingerprint density at radius 2 is 1.80 bits per heavy atom. The van der Waals surface area contributed by atoms with Gasteiger partial charge in [-0.2, -0.15) is 0 Å². The van der Waals surface area contributed by atoms with Crippen molar-refractivity contribution in [3.05, 3.63) is 0 Å². The number of carbonyl (C=O) groups excluding carboxylic acids is 2. The standard InChI is InChI=1S/C12H23N3O3S2/c1-9(16)14-12(5,6)8-13-18-10(17)15(7)20-19-11(2,3)4/h8H,1-7H3,(H,14,16). The van der Waals surface area contributed by atoms with Crippen LogP contribution in [0.3, 0.4) is 0 Å². The molecule has 8 heteroatoms. The fraction of sp³-hybridized carbons (Fsp3) is 0.750. The summed E-state index contributed by atoms with van der Waals surface area (Å²) in [5.74, 6) is -0.179. The SMILES string of the molecule is CC(=O)NC(C)(C)C=NOC(=O)N(C)SSC(C)(C)C. The summed E-state index contributed by atoms with van der Waals surface area (Å²) in [5.41, 5.74) is -0.669. The minimum atomic E-state index is -0.669. The maximum absolute atomic E-state index is 11.6. The van der Waals surface area contributed by atoms with Crippen LogP contribution in [-0.2, 0) is 9.63 Å². The summed E-state index contributed by atoms with van der Waals surface area (Å²) in [4.78, 5) is 27.3. The number of hydrogen-bond acceptors (Lipinski definition) is 6. The van der Waals surface area contributed by atoms with Crippen LogP contribution in [0.4, 0.5) is 4.79 Å². The molecule has 6 nitrogen and oxygen atoms in total. The van der Waals surface area contributed by atoms with E-state index in [4.69, 9.17) is 4.84 Å². The molecule has 1 N–H and O–H groups in total. The van der Waals surface area contributed by atoms with Gasteiger partial charge in [-0.3, -0.25) is 9.63 Å². The van der Waals surface area contributed by atoms with Crippen molar-refractivity contribution in [2.45, 2.75) is 51.8 Å². The highest BCUT2D eigenvalue weighted by atomic mass is 33.1. The maximum Gasteiger partial charge on any atom is 0.446 e. The van der Waals surface area contributed by atoms with Crippen molar-refractivity contribution in [2.24, 2.45) is 5.16 Å². The van der Waals surface area contributed by atoms with Gasteiger partial charge in [-0.1, -0.05) is 36.7 Å². The molecule has 0 fully saturated rings. The minimum absolute atomic E-state index is 0.0376. The van der Waals surface area contributed by atoms with E-state index in [9.17, 15) is 9.59 Å². The van der Waals surface area contributed by atoms with Gasteiger partial charge in [-0.05, 0) is 13.8 Å². The predicted octanol–water partition coefficient (Wildman–Crippen LogP) is 3.05. The molecule has 116 valence electrons. The molecule has 0 aromatic heterocycles. The Bertz CT molecular complexity index is 379. The zero-order valence-electron chi connectivity index (χ0n) is 13.0. The Morgan fingerprint density at radius 3 is 2.25 bits per heavy atom. The lowest BCUT2D eigenvalue weighted by Crippen LogP contribution is -2.43. The Morgan fingerprint density at radius 1 is 1.25 bits per heavy atom. The summed E-state index contributed by atoms with van der Waals surface area (Å²) in [6, 6.07) is 0. The number of amides is 2. The van der Waals surface area contributed by atoms with E-state index in [2.05, 4.69) is 31.2 Å². The van der Waals surface area contributed by atoms with Crippen LogP contribution in [0.5, 0.6) is 0 Å². The van der Waals surface area contributed by atoms with Gasteiger partial charge in [0.1, 0.15) is 0 Å². The summed E-state index contributed by atoms with van der Waals surface area (Å²) in [7, 11) is 4.45. The topological polar surface area (TPSA) is 71.0 Å². The Balaban J connectivity index is 4.24. The van der Waals surface area contributed by atoms with Crippen molar-refractivity contribution in [2.75, 3.05) is 7.05 Å². The lowest BCUT2D eigenvalue weighted by Gasteiger charge is -2.21. The molecule has 0 aromatic carbocycles. The Hall–Kier alpha value is -0.890. The van der Waals surface area contributed by atoms with Crippen LogP contribution in [0.25, 0.3) is 0 Å². The first-order valence-electron chi connectivity index (χ1n) is 6.07. The number of nitrogens with zero attached hydrogens (tertiary/aromatic N) is 2. The quantitative estimate of drug-likeness (QED) is 0.277. The molecule has 20 heavy (non-hydrogen) atoms. The summed E-state index contributed by atoms with van der Waals surface area (Å²) in [5, 5.41) is 6.27. The van der Waals surface area contributed by atoms with E-state index < -0.39 is 11.6 Å². The first kappa shape index (κ1) is 19.1. The third-order valence-electron chi connectivity index (χ3n) is 1.66. The zero-order valence-corrected chi connectivity index (χ0v) is 14.6. The van der Waals surface area contributed by atoms with E-state index in [1.165, 1.54) is 28.4 Å². The first-order valence-corrected chi connectivity index (χ1v) is 8.17. The second-order valence-corrected chi connectivity index (χ2v) is 8.80. The van der Waals surface area contributed by atoms with Crippen molar-refractivity contribution in [3.63, 3.8) is 0 Å². The number of carbonyl (C=O) groups is 2. The van der Waals surface area contributed by atoms with Gasteiger partial charge in [0.25, 0.3) is 0 Å². The van der Waals surface area contributed by atoms with Crippen LogP contribution in [0.1, 0.15) is 41.5 Å². The molecular weight excluding hydrogens is 298 g/mol. The molecule has 0 rings (SSSR count). The fourth-order valence-corrected chi connectivity index (χ4v) is 2.56. The molecular formula is C12H23N3O3S2. The fourth-order valence-electron chi connectivity index (χ4n) is 0.945. The van der Waals surface area contributed by atoms with Crippen molar-refractivity contribution in [3.8, 4) is 0 Å². The summed E-state index contributed by atoms with van der Waals surface area (Å²) in [6.07, 6.45) is 0.809. The van der Waals surface area contributed by atoms with Crippen LogP contribution >= 0.6 is 21.8 Å². The highest BCUT2D eigenvalue weighted by Crippen LogP contribution is 2.36. The van der Waals surface area contributed by atoms with E-state index in [-0.39, 0.29) is 10.7 Å². The van der Waals surface area contributed by atoms with E-state index in [1.807, 2.05) is 0 Å². The number of nitrogens with one attached hydrogen (secondary N) is 1. The summed E-state index contributed by atoms with van der Waals surface area (Å²) < 4.78 is 1.40. The highest BCUT2D eigenvalue weighted by molar-refractivity contribution is 8.76. The van der Waals surface area contributed by atoms with Crippen LogP contribution in [0.2, 0.25) is 0 Å². The molecule has 0 aliphatic heterocycles. The largest absolute Gasteiger partial charge is 0.446 e. The molecule has 0 bridgehead atoms. The molecule has 0 heterocycles. The second-order valence-electron chi connectivity index (χ2n) is 5.76. The lowest BCUT2D eigenvalue weighted by molar-refractivity contribution is -0.119. The van der Waals surface area contributed by atoms with Gasteiger partial charge in [-0.25, -0.2) is 9.10 Å². The molecule has 0 aromatic rings. The van der Waals surface area contributed by atoms with Crippen molar-refractivity contribution < 1.29 is 14.4 Å². The molecule has 0 aliphatic rings. The molecule has 0 saturated carbocycles. The van der Waals surface area contributed by atoms with Crippen LogP contribution in [0.15, 0.2) is 5.16 Å². The van der Waals surface area contributed by atoms with Gasteiger partial charge in [0.05, 0.1) is 11.8 Å². The van der Waals surface area contributed by atoms with E-state index in [0.717, 1.165) is 0 Å². The average molecular weight is 321 g/mol. The lowest BCUT2D eigenvalue weighted by atomic mass is 10.1. The highest BCUT2D eigenvalue weighted by Gasteiger charge is 2.19. The molecule has 2 amide bonds. The van der Waals surface area contributed by atoms with Crippen LogP contribution in [-0.4, -0.2) is 39.9 Å². The maximum atomic E-state index is 11.6. The van der Waals surface area contributed by atoms with E-state index in [1.54, 1.807) is 31.7 Å². The molecule has 0 radical (unpaired) electrons. The summed E-state index contributed by atoms with van der Waals surface area (Å²) >= 11 is 0. The van der Waals surface area contributed by atoms with Gasteiger partial charge in [0, 0.05) is 29.7 Å². The van der Waals surface area contributed by atoms with Gasteiger partial charge in [0.15, 0.2) is 0 Å². The van der Waals surface area contributed by atoms with Crippen LogP contribution < -0.4 is 5.32 Å². The van der Waals surface area contributed by atoms with Crippen LogP contribution in [0, 0.1) is 0 Å². The van der Waals surface area contributed by atoms with Crippen molar-refractivity contribution in [1.82, 2.24) is 9.62 Å². The number of oxime groups is 1. The van der Waals surface area contributed by atoms with E-state index >= 15 is 0 Å². The Labute approximate surface area is 128 Å². The minimum Gasteiger partial charge on any atom is -0.346 e. The number of rotatable bonds is 5. The molecule has 0 saturated heterocycles. The third kappa shape index (κ3) is 9.96. The summed E-state index contributed by atoms with van der Waals surface area (Å²) in [6.45, 7) is 11.1. The first-order chi connectivity index (χ1) is 8.93. The Kier molecular flexibility index (Phi) is 7.43. The normalized spacial score (nSPS) is 12.3. The van der Waals surface area contributed by atoms with E-state index in [0.29, 0.717) is 0 Å². The third-order valence-corrected chi connectivity index (χ3v) is 5.00. The second kappa shape index (κ2) is 7.78. The van der Waals surface area contributed by atoms with Gasteiger partial charge in [0.2, 0.25) is 5.91 Å². The molecule has 0 atom stereocenters. The van der Waals surface area contributed by atoms with Gasteiger partial charge < -0.3 is 5.32 Å². The smallest absolute Gasteiger partial charge is 0.346 e. The predicted molar refractivity (Wildman–Crippen MR) is 85.6 cm³/mol. The van der Waals surface area contributed by atoms with Gasteiger partial charge >= 0.3 is 6.09 Å². The van der Waals surface area contributed by atoms with Crippen molar-refractivity contribution in [1.29, 1.82) is 0 Å². The van der Waals surface area contributed by atoms with Crippen molar-refractivity contribution >= 4 is 40.0 Å². The molecule has 0 spiro atoms. The molecule has 0 aliphatic carbocycles. The zero-order chi connectivity index (χ0) is 16.0. The monoisotopic (exact) mass is 321 g/mol. The number of hydrogen-bond donors (Lipinski definition) is 1. The molecule has 0 unspecified atom stereocenters. The van der Waals surface area contributed by atoms with Gasteiger partial charge in [-0.15, -0.1) is 0 Å². The average Bonchev–Trinajstić information content (AvgIpc) is 2.22.